The number of anilines is 1. The van der Waals surface area contributed by atoms with Gasteiger partial charge in [0.1, 0.15) is 17.1 Å². The number of aliphatic hydroxyl groups is 1. The number of benzene rings is 1. The van der Waals surface area contributed by atoms with E-state index in [1.807, 2.05) is 30.3 Å². The molecule has 3 rings (SSSR count). The smallest absolute Gasteiger partial charge is 0.320 e. The first-order valence-corrected chi connectivity index (χ1v) is 7.89. The molecule has 130 valence electrons. The lowest BCUT2D eigenvalue weighted by atomic mass is 10.0. The third-order valence-corrected chi connectivity index (χ3v) is 3.72. The first-order valence-electron chi connectivity index (χ1n) is 7.89. The fourth-order valence-corrected chi connectivity index (χ4v) is 2.34. The van der Waals surface area contributed by atoms with Gasteiger partial charge < -0.3 is 14.8 Å². The van der Waals surface area contributed by atoms with Crippen molar-refractivity contribution in [1.29, 1.82) is 0 Å². The van der Waals surface area contributed by atoms with Crippen LogP contribution in [0, 0.1) is 6.92 Å². The summed E-state index contributed by atoms with van der Waals surface area (Å²) in [6.07, 6.45) is 1.76. The minimum atomic E-state index is -1.30. The van der Waals surface area contributed by atoms with Crippen LogP contribution < -0.4 is 10.6 Å². The summed E-state index contributed by atoms with van der Waals surface area (Å²) in [4.78, 5) is 12.0. The first-order chi connectivity index (χ1) is 11.9. The Balaban J connectivity index is 1.57. The molecule has 7 heteroatoms. The Labute approximate surface area is 145 Å². The molecule has 0 aliphatic heterocycles. The molecule has 1 unspecified atom stereocenters. The van der Waals surface area contributed by atoms with Crippen LogP contribution in [0.2, 0.25) is 0 Å². The maximum Gasteiger partial charge on any atom is 0.320 e. The number of amides is 2. The summed E-state index contributed by atoms with van der Waals surface area (Å²) in [5, 5.41) is 20.0. The molecule has 2 aromatic heterocycles. The fourth-order valence-electron chi connectivity index (χ4n) is 2.34. The quantitative estimate of drug-likeness (QED) is 0.666. The van der Waals surface area contributed by atoms with Crippen molar-refractivity contribution in [1.82, 2.24) is 15.1 Å². The Morgan fingerprint density at radius 1 is 1.24 bits per heavy atom. The van der Waals surface area contributed by atoms with E-state index in [0.717, 1.165) is 5.69 Å². The number of aryl methyl sites for hydroxylation is 1. The molecule has 1 atom stereocenters. The van der Waals surface area contributed by atoms with Crippen molar-refractivity contribution in [2.75, 3.05) is 11.9 Å². The maximum absolute atomic E-state index is 12.0. The Hall–Kier alpha value is -3.06. The van der Waals surface area contributed by atoms with Gasteiger partial charge in [0.05, 0.1) is 12.2 Å². The van der Waals surface area contributed by atoms with E-state index < -0.39 is 11.6 Å². The normalized spacial score (nSPS) is 13.2. The van der Waals surface area contributed by atoms with E-state index in [-0.39, 0.29) is 6.54 Å². The number of aromatic nitrogens is 2. The molecule has 0 aliphatic carbocycles. The molecule has 7 nitrogen and oxygen atoms in total. The van der Waals surface area contributed by atoms with Gasteiger partial charge in [0, 0.05) is 12.3 Å². The van der Waals surface area contributed by atoms with Crippen LogP contribution in [0.15, 0.2) is 59.1 Å². The second-order valence-electron chi connectivity index (χ2n) is 5.97. The van der Waals surface area contributed by atoms with Crippen molar-refractivity contribution in [2.45, 2.75) is 19.4 Å². The van der Waals surface area contributed by atoms with E-state index in [9.17, 15) is 9.90 Å². The zero-order valence-electron chi connectivity index (χ0n) is 14.1. The molecule has 2 amide bonds. The van der Waals surface area contributed by atoms with Gasteiger partial charge in [-0.2, -0.15) is 0 Å². The molecule has 0 radical (unpaired) electrons. The van der Waals surface area contributed by atoms with Crippen molar-refractivity contribution in [3.05, 3.63) is 66.2 Å². The number of urea groups is 1. The largest absolute Gasteiger partial charge is 0.463 e. The Kier molecular flexibility index (Phi) is 4.58. The predicted molar refractivity (Wildman–Crippen MR) is 93.6 cm³/mol. The highest BCUT2D eigenvalue weighted by atomic mass is 16.4. The number of hydrogen-bond acceptors (Lipinski definition) is 4. The maximum atomic E-state index is 12.0. The van der Waals surface area contributed by atoms with Crippen LogP contribution >= 0.6 is 0 Å². The van der Waals surface area contributed by atoms with Crippen molar-refractivity contribution in [2.24, 2.45) is 0 Å². The molecule has 0 bridgehead atoms. The molecule has 0 aliphatic rings. The van der Waals surface area contributed by atoms with Gasteiger partial charge in [-0.1, -0.05) is 18.2 Å². The lowest BCUT2D eigenvalue weighted by Gasteiger charge is -2.21. The first kappa shape index (κ1) is 16.8. The molecule has 0 fully saturated rings. The topological polar surface area (TPSA) is 92.3 Å². The summed E-state index contributed by atoms with van der Waals surface area (Å²) in [6.45, 7) is 3.38. The third kappa shape index (κ3) is 4.07. The molecule has 3 N–H and O–H groups in total. The second kappa shape index (κ2) is 6.82. The summed E-state index contributed by atoms with van der Waals surface area (Å²) < 4.78 is 7.08. The number of rotatable bonds is 5. The highest BCUT2D eigenvalue weighted by molar-refractivity contribution is 5.88. The minimum absolute atomic E-state index is 0.00514. The lowest BCUT2D eigenvalue weighted by Crippen LogP contribution is -2.40. The van der Waals surface area contributed by atoms with Crippen LogP contribution in [0.3, 0.4) is 0 Å². The highest BCUT2D eigenvalue weighted by Crippen LogP contribution is 2.22. The Bertz CT molecular complexity index is 852. The summed E-state index contributed by atoms with van der Waals surface area (Å²) in [7, 11) is 0. The van der Waals surface area contributed by atoms with E-state index in [2.05, 4.69) is 15.7 Å². The molecular formula is C18H20N4O3. The number of nitrogens with zero attached hydrogens (tertiary/aromatic N) is 2. The van der Waals surface area contributed by atoms with Crippen molar-refractivity contribution in [3.8, 4) is 5.69 Å². The zero-order valence-corrected chi connectivity index (χ0v) is 14.1. The van der Waals surface area contributed by atoms with Crippen LogP contribution in [0.1, 0.15) is 18.4 Å². The van der Waals surface area contributed by atoms with Crippen molar-refractivity contribution in [3.63, 3.8) is 0 Å². The number of carbonyl (C=O) groups is 1. The van der Waals surface area contributed by atoms with Gasteiger partial charge in [-0.3, -0.25) is 5.32 Å². The standard InChI is InChI=1S/C18H20N4O3/c1-13-8-9-15(25-13)18(2,24)12-19-17(23)20-16-10-11-22(21-16)14-6-4-3-5-7-14/h3-11,24H,12H2,1-2H3,(H2,19,20,21,23). The van der Waals surface area contributed by atoms with Crippen LogP contribution in [0.25, 0.3) is 5.69 Å². The Morgan fingerprint density at radius 2 is 2.00 bits per heavy atom. The summed E-state index contributed by atoms with van der Waals surface area (Å²) >= 11 is 0. The molecule has 0 saturated heterocycles. The number of hydrogen-bond donors (Lipinski definition) is 3. The summed E-state index contributed by atoms with van der Waals surface area (Å²) in [5.41, 5.74) is -0.401. The molecule has 25 heavy (non-hydrogen) atoms. The van der Waals surface area contributed by atoms with Gasteiger partial charge in [-0.05, 0) is 38.1 Å². The van der Waals surface area contributed by atoms with Gasteiger partial charge in [-0.25, -0.2) is 9.48 Å². The van der Waals surface area contributed by atoms with E-state index in [0.29, 0.717) is 17.3 Å². The number of para-hydroxylation sites is 1. The van der Waals surface area contributed by atoms with Crippen LogP contribution in [-0.2, 0) is 5.60 Å². The lowest BCUT2D eigenvalue weighted by molar-refractivity contribution is 0.0364. The molecule has 3 aromatic rings. The predicted octanol–water partition coefficient (Wildman–Crippen LogP) is 2.80. The molecular weight excluding hydrogens is 320 g/mol. The Morgan fingerprint density at radius 3 is 2.68 bits per heavy atom. The van der Waals surface area contributed by atoms with Gasteiger partial charge in [0.15, 0.2) is 5.82 Å². The molecule has 0 spiro atoms. The summed E-state index contributed by atoms with van der Waals surface area (Å²) in [6, 6.07) is 14.3. The SMILES string of the molecule is Cc1ccc(C(C)(O)CNC(=O)Nc2ccn(-c3ccccc3)n2)o1. The highest BCUT2D eigenvalue weighted by Gasteiger charge is 2.27. The summed E-state index contributed by atoms with van der Waals surface area (Å²) in [5.74, 6) is 1.51. The van der Waals surface area contributed by atoms with Gasteiger partial charge in [0.25, 0.3) is 0 Å². The molecule has 2 heterocycles. The average Bonchev–Trinajstić information content (AvgIpc) is 3.23. The average molecular weight is 340 g/mol. The van der Waals surface area contributed by atoms with Gasteiger partial charge in [-0.15, -0.1) is 5.10 Å². The number of carbonyl (C=O) groups excluding carboxylic acids is 1. The molecule has 1 aromatic carbocycles. The van der Waals surface area contributed by atoms with Crippen molar-refractivity contribution < 1.29 is 14.3 Å². The van der Waals surface area contributed by atoms with Crippen LogP contribution in [0.5, 0.6) is 0 Å². The fraction of sp³-hybridized carbons (Fsp3) is 0.222. The molecule has 0 saturated carbocycles. The third-order valence-electron chi connectivity index (χ3n) is 3.72. The van der Waals surface area contributed by atoms with Gasteiger partial charge in [0.2, 0.25) is 0 Å². The van der Waals surface area contributed by atoms with E-state index >= 15 is 0 Å². The van der Waals surface area contributed by atoms with E-state index in [4.69, 9.17) is 4.42 Å². The van der Waals surface area contributed by atoms with E-state index in [1.165, 1.54) is 0 Å². The minimum Gasteiger partial charge on any atom is -0.463 e. The van der Waals surface area contributed by atoms with Crippen LogP contribution in [0.4, 0.5) is 10.6 Å². The zero-order chi connectivity index (χ0) is 17.9. The monoisotopic (exact) mass is 340 g/mol. The second-order valence-corrected chi connectivity index (χ2v) is 5.97. The van der Waals surface area contributed by atoms with Crippen molar-refractivity contribution >= 4 is 11.8 Å². The van der Waals surface area contributed by atoms with Gasteiger partial charge >= 0.3 is 6.03 Å². The van der Waals surface area contributed by atoms with E-state index in [1.54, 1.807) is 42.9 Å². The van der Waals surface area contributed by atoms with Crippen LogP contribution in [-0.4, -0.2) is 27.5 Å². The number of nitrogens with one attached hydrogen (secondary N) is 2. The number of furan rings is 1.